The zero-order chi connectivity index (χ0) is 9.68. The van der Waals surface area contributed by atoms with Crippen LogP contribution in [0.25, 0.3) is 0 Å². The van der Waals surface area contributed by atoms with Gasteiger partial charge in [-0.05, 0) is 19.1 Å². The fourth-order valence-electron chi connectivity index (χ4n) is 1.09. The molecular formula is C9H17ClN2OS. The van der Waals surface area contributed by atoms with Gasteiger partial charge < -0.3 is 11.1 Å². The van der Waals surface area contributed by atoms with Gasteiger partial charge in [-0.1, -0.05) is 6.08 Å². The van der Waals surface area contributed by atoms with Crippen LogP contribution in [0.4, 0.5) is 0 Å². The van der Waals surface area contributed by atoms with E-state index in [0.29, 0.717) is 6.54 Å². The summed E-state index contributed by atoms with van der Waals surface area (Å²) in [5.74, 6) is 2.01. The van der Waals surface area contributed by atoms with Crippen molar-refractivity contribution in [1.29, 1.82) is 0 Å². The molecule has 0 aromatic heterocycles. The molecule has 0 saturated carbocycles. The van der Waals surface area contributed by atoms with Gasteiger partial charge in [0.2, 0.25) is 5.91 Å². The number of allylic oxidation sites excluding steroid dienone is 1. The molecule has 1 heterocycles. The number of nitrogens with one attached hydrogen (secondary N) is 1. The summed E-state index contributed by atoms with van der Waals surface area (Å²) in [6, 6.07) is 0.0697. The Balaban J connectivity index is 0.00000169. The molecule has 0 radical (unpaired) electrons. The molecule has 0 aromatic rings. The number of thioether (sulfide) groups is 1. The SMILES string of the molecule is C[C@H](CN)NC(=O)C1=CCCSC1.Cl. The lowest BCUT2D eigenvalue weighted by Crippen LogP contribution is -2.39. The van der Waals surface area contributed by atoms with Gasteiger partial charge in [-0.25, -0.2) is 0 Å². The van der Waals surface area contributed by atoms with Crippen LogP contribution in [0.2, 0.25) is 0 Å². The average Bonchev–Trinajstić information content (AvgIpc) is 2.19. The standard InChI is InChI=1S/C9H16N2OS.ClH/c1-7(5-10)11-9(12)8-3-2-4-13-6-8;/h3,7H,2,4-6,10H2,1H3,(H,11,12);1H/t7-;/m1./s1. The molecule has 0 bridgehead atoms. The Morgan fingerprint density at radius 3 is 3.00 bits per heavy atom. The number of nitrogens with two attached hydrogens (primary N) is 1. The van der Waals surface area contributed by atoms with Crippen LogP contribution in [0, 0.1) is 0 Å². The van der Waals surface area contributed by atoms with Crippen LogP contribution in [-0.4, -0.2) is 30.0 Å². The van der Waals surface area contributed by atoms with Crippen LogP contribution >= 0.6 is 24.2 Å². The lowest BCUT2D eigenvalue weighted by atomic mass is 10.2. The van der Waals surface area contributed by atoms with Gasteiger partial charge in [-0.2, -0.15) is 11.8 Å². The van der Waals surface area contributed by atoms with E-state index in [9.17, 15) is 4.79 Å². The molecule has 0 unspecified atom stereocenters. The maximum Gasteiger partial charge on any atom is 0.247 e. The summed E-state index contributed by atoms with van der Waals surface area (Å²) in [6.07, 6.45) is 3.03. The highest BCUT2D eigenvalue weighted by Crippen LogP contribution is 2.16. The number of carbonyl (C=O) groups is 1. The lowest BCUT2D eigenvalue weighted by Gasteiger charge is -2.15. The number of hydrogen-bond donors (Lipinski definition) is 2. The van der Waals surface area contributed by atoms with Crippen LogP contribution in [0.5, 0.6) is 0 Å². The van der Waals surface area contributed by atoms with E-state index in [4.69, 9.17) is 5.73 Å². The van der Waals surface area contributed by atoms with Gasteiger partial charge in [0.05, 0.1) is 0 Å². The van der Waals surface area contributed by atoms with E-state index in [0.717, 1.165) is 23.5 Å². The number of carbonyl (C=O) groups excluding carboxylic acids is 1. The third kappa shape index (κ3) is 4.35. The Labute approximate surface area is 95.3 Å². The minimum atomic E-state index is 0. The molecule has 3 N–H and O–H groups in total. The molecule has 5 heteroatoms. The molecular weight excluding hydrogens is 220 g/mol. The first-order valence-corrected chi connectivity index (χ1v) is 5.67. The molecule has 1 aliphatic rings. The zero-order valence-electron chi connectivity index (χ0n) is 8.29. The Kier molecular flexibility index (Phi) is 7.05. The van der Waals surface area contributed by atoms with Crippen molar-refractivity contribution in [1.82, 2.24) is 5.32 Å². The topological polar surface area (TPSA) is 55.1 Å². The van der Waals surface area contributed by atoms with E-state index in [1.165, 1.54) is 0 Å². The lowest BCUT2D eigenvalue weighted by molar-refractivity contribution is -0.117. The van der Waals surface area contributed by atoms with E-state index >= 15 is 0 Å². The summed E-state index contributed by atoms with van der Waals surface area (Å²) in [7, 11) is 0. The first kappa shape index (κ1) is 13.8. The summed E-state index contributed by atoms with van der Waals surface area (Å²) in [6.45, 7) is 2.40. The predicted molar refractivity (Wildman–Crippen MR) is 63.9 cm³/mol. The molecule has 14 heavy (non-hydrogen) atoms. The highest BCUT2D eigenvalue weighted by atomic mass is 35.5. The molecule has 3 nitrogen and oxygen atoms in total. The number of halogens is 1. The predicted octanol–water partition coefficient (Wildman–Crippen LogP) is 0.935. The Hall–Kier alpha value is -0.190. The fraction of sp³-hybridized carbons (Fsp3) is 0.667. The maximum absolute atomic E-state index is 11.5. The van der Waals surface area contributed by atoms with Crippen molar-refractivity contribution in [3.8, 4) is 0 Å². The molecule has 1 rings (SSSR count). The van der Waals surface area contributed by atoms with Gasteiger partial charge in [0.1, 0.15) is 0 Å². The summed E-state index contributed by atoms with van der Waals surface area (Å²) in [5.41, 5.74) is 6.31. The highest BCUT2D eigenvalue weighted by Gasteiger charge is 2.13. The molecule has 1 atom stereocenters. The summed E-state index contributed by atoms with van der Waals surface area (Å²) in [4.78, 5) is 11.5. The molecule has 0 spiro atoms. The third-order valence-electron chi connectivity index (χ3n) is 1.93. The molecule has 1 aliphatic heterocycles. The van der Waals surface area contributed by atoms with Crippen molar-refractivity contribution in [2.45, 2.75) is 19.4 Å². The normalized spacial score (nSPS) is 17.7. The zero-order valence-corrected chi connectivity index (χ0v) is 9.92. The van der Waals surface area contributed by atoms with E-state index in [2.05, 4.69) is 5.32 Å². The Morgan fingerprint density at radius 2 is 2.50 bits per heavy atom. The largest absolute Gasteiger partial charge is 0.349 e. The molecule has 0 fully saturated rings. The number of rotatable bonds is 3. The van der Waals surface area contributed by atoms with Gasteiger partial charge >= 0.3 is 0 Å². The third-order valence-corrected chi connectivity index (χ3v) is 2.97. The minimum Gasteiger partial charge on any atom is -0.349 e. The molecule has 82 valence electrons. The summed E-state index contributed by atoms with van der Waals surface area (Å²) in [5, 5.41) is 2.85. The van der Waals surface area contributed by atoms with Crippen molar-refractivity contribution >= 4 is 30.1 Å². The van der Waals surface area contributed by atoms with E-state index in [1.807, 2.05) is 13.0 Å². The Morgan fingerprint density at radius 1 is 1.79 bits per heavy atom. The van der Waals surface area contributed by atoms with Gasteiger partial charge in [0.25, 0.3) is 0 Å². The summed E-state index contributed by atoms with van der Waals surface area (Å²) < 4.78 is 0. The average molecular weight is 237 g/mol. The first-order chi connectivity index (χ1) is 6.24. The van der Waals surface area contributed by atoms with Gasteiger partial charge in [0.15, 0.2) is 0 Å². The van der Waals surface area contributed by atoms with Crippen LogP contribution < -0.4 is 11.1 Å². The molecule has 0 aromatic carbocycles. The maximum atomic E-state index is 11.5. The second-order valence-corrected chi connectivity index (χ2v) is 4.29. The van der Waals surface area contributed by atoms with Gasteiger partial charge in [0, 0.05) is 23.9 Å². The molecule has 0 saturated heterocycles. The van der Waals surface area contributed by atoms with Crippen LogP contribution in [-0.2, 0) is 4.79 Å². The monoisotopic (exact) mass is 236 g/mol. The minimum absolute atomic E-state index is 0. The van der Waals surface area contributed by atoms with E-state index < -0.39 is 0 Å². The van der Waals surface area contributed by atoms with Gasteiger partial charge in [-0.15, -0.1) is 12.4 Å². The molecule has 1 amide bonds. The van der Waals surface area contributed by atoms with Crippen molar-refractivity contribution in [2.24, 2.45) is 5.73 Å². The van der Waals surface area contributed by atoms with Crippen molar-refractivity contribution < 1.29 is 4.79 Å². The van der Waals surface area contributed by atoms with Gasteiger partial charge in [-0.3, -0.25) is 4.79 Å². The van der Waals surface area contributed by atoms with Crippen molar-refractivity contribution in [2.75, 3.05) is 18.1 Å². The molecule has 0 aliphatic carbocycles. The Bertz CT molecular complexity index is 221. The van der Waals surface area contributed by atoms with Crippen LogP contribution in [0.3, 0.4) is 0 Å². The van der Waals surface area contributed by atoms with Crippen molar-refractivity contribution in [3.63, 3.8) is 0 Å². The quantitative estimate of drug-likeness (QED) is 0.767. The van der Waals surface area contributed by atoms with E-state index in [-0.39, 0.29) is 24.4 Å². The summed E-state index contributed by atoms with van der Waals surface area (Å²) >= 11 is 1.81. The fourth-order valence-corrected chi connectivity index (χ4v) is 1.99. The van der Waals surface area contributed by atoms with Crippen molar-refractivity contribution in [3.05, 3.63) is 11.6 Å². The second-order valence-electron chi connectivity index (χ2n) is 3.18. The van der Waals surface area contributed by atoms with Crippen LogP contribution in [0.1, 0.15) is 13.3 Å². The van der Waals surface area contributed by atoms with Crippen LogP contribution in [0.15, 0.2) is 11.6 Å². The first-order valence-electron chi connectivity index (χ1n) is 4.51. The highest BCUT2D eigenvalue weighted by molar-refractivity contribution is 7.99. The second kappa shape index (κ2) is 7.15. The smallest absolute Gasteiger partial charge is 0.247 e. The number of amides is 1. The van der Waals surface area contributed by atoms with E-state index in [1.54, 1.807) is 11.8 Å². The number of hydrogen-bond acceptors (Lipinski definition) is 3.